The summed E-state index contributed by atoms with van der Waals surface area (Å²) in [7, 11) is 0. The van der Waals surface area contributed by atoms with Crippen molar-refractivity contribution < 1.29 is 0 Å². The van der Waals surface area contributed by atoms with E-state index >= 15 is 0 Å². The number of nitrogens with one attached hydrogen (secondary N) is 1. The first-order valence-corrected chi connectivity index (χ1v) is 6.92. The summed E-state index contributed by atoms with van der Waals surface area (Å²) in [6.45, 7) is 4.55. The zero-order valence-corrected chi connectivity index (χ0v) is 11.4. The number of hydrogen-bond acceptors (Lipinski definition) is 4. The van der Waals surface area contributed by atoms with E-state index in [-0.39, 0.29) is 0 Å². The first-order valence-electron chi connectivity index (χ1n) is 6.15. The van der Waals surface area contributed by atoms with Gasteiger partial charge in [-0.1, -0.05) is 44.2 Å². The van der Waals surface area contributed by atoms with E-state index in [2.05, 4.69) is 35.7 Å². The molecule has 1 fully saturated rings. The van der Waals surface area contributed by atoms with Gasteiger partial charge in [0, 0.05) is 6.04 Å². The molecule has 0 radical (unpaired) electrons. The van der Waals surface area contributed by atoms with Crippen molar-refractivity contribution in [1.82, 2.24) is 4.37 Å². The van der Waals surface area contributed by atoms with E-state index in [1.54, 1.807) is 0 Å². The molecule has 1 atom stereocenters. The summed E-state index contributed by atoms with van der Waals surface area (Å²) >= 11 is 1.45. The highest BCUT2D eigenvalue weighted by Crippen LogP contribution is 2.48. The number of nitrogens with zero attached hydrogens (tertiary/aromatic N) is 1. The molecule has 0 aliphatic heterocycles. The van der Waals surface area contributed by atoms with Gasteiger partial charge in [0.2, 0.25) is 0 Å². The third-order valence-electron chi connectivity index (χ3n) is 3.60. The molecule has 1 heterocycles. The molecule has 3 rings (SSSR count). The van der Waals surface area contributed by atoms with Crippen LogP contribution in [-0.2, 0) is 0 Å². The molecule has 1 aromatic heterocycles. The maximum atomic E-state index is 6.00. The van der Waals surface area contributed by atoms with E-state index < -0.39 is 0 Å². The quantitative estimate of drug-likeness (QED) is 0.885. The van der Waals surface area contributed by atoms with Crippen LogP contribution in [0.3, 0.4) is 0 Å². The van der Waals surface area contributed by atoms with Crippen LogP contribution in [-0.4, -0.2) is 10.4 Å². The molecule has 1 aliphatic rings. The first-order chi connectivity index (χ1) is 8.58. The minimum absolute atomic E-state index is 0.396. The zero-order chi connectivity index (χ0) is 12.8. The summed E-state index contributed by atoms with van der Waals surface area (Å²) in [5.74, 6) is 0.618. The molecule has 1 unspecified atom stereocenters. The van der Waals surface area contributed by atoms with Gasteiger partial charge in [-0.2, -0.15) is 4.37 Å². The van der Waals surface area contributed by atoms with Gasteiger partial charge in [0.05, 0.1) is 5.56 Å². The van der Waals surface area contributed by atoms with Crippen LogP contribution in [0.4, 0.5) is 10.8 Å². The molecule has 0 spiro atoms. The van der Waals surface area contributed by atoms with Crippen molar-refractivity contribution in [1.29, 1.82) is 0 Å². The summed E-state index contributed by atoms with van der Waals surface area (Å²) in [6.07, 6.45) is 1.21. The molecular weight excluding hydrogens is 242 g/mol. The highest BCUT2D eigenvalue weighted by molar-refractivity contribution is 7.11. The lowest BCUT2D eigenvalue weighted by atomic mass is 10.1. The molecule has 18 heavy (non-hydrogen) atoms. The summed E-state index contributed by atoms with van der Waals surface area (Å²) in [5, 5.41) is 4.66. The average Bonchev–Trinajstić information content (AvgIpc) is 2.78. The fraction of sp³-hybridized carbons (Fsp3) is 0.357. The molecule has 0 bridgehead atoms. The van der Waals surface area contributed by atoms with E-state index in [1.807, 2.05) is 18.2 Å². The van der Waals surface area contributed by atoms with Crippen LogP contribution < -0.4 is 11.1 Å². The predicted octanol–water partition coefficient (Wildman–Crippen LogP) is 3.60. The fourth-order valence-electron chi connectivity index (χ4n) is 2.16. The largest absolute Gasteiger partial charge is 0.382 e. The summed E-state index contributed by atoms with van der Waals surface area (Å²) in [5.41, 5.74) is 8.57. The van der Waals surface area contributed by atoms with Crippen molar-refractivity contribution in [3.63, 3.8) is 0 Å². The van der Waals surface area contributed by atoms with Crippen LogP contribution in [0.15, 0.2) is 30.3 Å². The number of nitrogen functional groups attached to an aromatic ring is 1. The standard InChI is InChI=1S/C14H17N3S/c1-14(2)8-10(14)16-13-11(12(15)17-18-13)9-6-4-3-5-7-9/h3-7,10,16H,8H2,1-2H3,(H2,15,17). The van der Waals surface area contributed by atoms with Crippen molar-refractivity contribution in [2.45, 2.75) is 26.3 Å². The molecular formula is C14H17N3S. The number of anilines is 2. The molecule has 1 aliphatic carbocycles. The summed E-state index contributed by atoms with van der Waals surface area (Å²) < 4.78 is 4.28. The van der Waals surface area contributed by atoms with Gasteiger partial charge in [0.15, 0.2) is 0 Å². The van der Waals surface area contributed by atoms with Crippen molar-refractivity contribution in [2.24, 2.45) is 5.41 Å². The molecule has 0 amide bonds. The fourth-order valence-corrected chi connectivity index (χ4v) is 2.95. The molecule has 94 valence electrons. The van der Waals surface area contributed by atoms with Crippen molar-refractivity contribution >= 4 is 22.4 Å². The van der Waals surface area contributed by atoms with Crippen LogP contribution >= 0.6 is 11.5 Å². The molecule has 1 aromatic carbocycles. The second kappa shape index (κ2) is 3.99. The van der Waals surface area contributed by atoms with Crippen LogP contribution in [0.1, 0.15) is 20.3 Å². The Balaban J connectivity index is 1.93. The Bertz CT molecular complexity index is 560. The Labute approximate surface area is 111 Å². The SMILES string of the molecule is CC1(C)CC1Nc1snc(N)c1-c1ccccc1. The average molecular weight is 259 g/mol. The zero-order valence-electron chi connectivity index (χ0n) is 10.6. The first kappa shape index (κ1) is 11.5. The Morgan fingerprint density at radius 1 is 1.33 bits per heavy atom. The van der Waals surface area contributed by atoms with E-state index in [4.69, 9.17) is 5.73 Å². The normalized spacial score (nSPS) is 20.7. The molecule has 2 aromatic rings. The Morgan fingerprint density at radius 2 is 2.00 bits per heavy atom. The lowest BCUT2D eigenvalue weighted by molar-refractivity contribution is 0.631. The molecule has 4 heteroatoms. The number of rotatable bonds is 3. The van der Waals surface area contributed by atoms with E-state index in [0.29, 0.717) is 17.3 Å². The van der Waals surface area contributed by atoms with E-state index in [0.717, 1.165) is 16.1 Å². The van der Waals surface area contributed by atoms with Crippen molar-refractivity contribution in [2.75, 3.05) is 11.1 Å². The van der Waals surface area contributed by atoms with Crippen molar-refractivity contribution in [3.05, 3.63) is 30.3 Å². The number of hydrogen-bond donors (Lipinski definition) is 2. The van der Waals surface area contributed by atoms with Gasteiger partial charge in [0.25, 0.3) is 0 Å². The number of nitrogens with two attached hydrogens (primary N) is 1. The topological polar surface area (TPSA) is 50.9 Å². The minimum Gasteiger partial charge on any atom is -0.382 e. The van der Waals surface area contributed by atoms with E-state index in [9.17, 15) is 0 Å². The van der Waals surface area contributed by atoms with E-state index in [1.165, 1.54) is 18.0 Å². The molecule has 0 saturated heterocycles. The third-order valence-corrected chi connectivity index (χ3v) is 4.39. The summed E-state index contributed by atoms with van der Waals surface area (Å²) in [4.78, 5) is 0. The Morgan fingerprint density at radius 3 is 2.61 bits per heavy atom. The highest BCUT2D eigenvalue weighted by Gasteiger charge is 2.46. The molecule has 1 saturated carbocycles. The maximum Gasteiger partial charge on any atom is 0.147 e. The third kappa shape index (κ3) is 1.97. The smallest absolute Gasteiger partial charge is 0.147 e. The van der Waals surface area contributed by atoms with Crippen LogP contribution in [0.5, 0.6) is 0 Å². The van der Waals surface area contributed by atoms with Crippen molar-refractivity contribution in [3.8, 4) is 11.1 Å². The monoisotopic (exact) mass is 259 g/mol. The second-order valence-electron chi connectivity index (χ2n) is 5.53. The predicted molar refractivity (Wildman–Crippen MR) is 77.8 cm³/mol. The summed E-state index contributed by atoms with van der Waals surface area (Å²) in [6, 6.07) is 10.7. The number of aromatic nitrogens is 1. The molecule has 3 nitrogen and oxygen atoms in total. The lowest BCUT2D eigenvalue weighted by Crippen LogP contribution is -2.08. The van der Waals surface area contributed by atoms with Gasteiger partial charge in [-0.3, -0.25) is 0 Å². The van der Waals surface area contributed by atoms with Gasteiger partial charge in [-0.05, 0) is 28.9 Å². The molecule has 3 N–H and O–H groups in total. The lowest BCUT2D eigenvalue weighted by Gasteiger charge is -2.08. The number of benzene rings is 1. The van der Waals surface area contributed by atoms with Gasteiger partial charge >= 0.3 is 0 Å². The van der Waals surface area contributed by atoms with Crippen LogP contribution in [0, 0.1) is 5.41 Å². The second-order valence-corrected chi connectivity index (χ2v) is 6.30. The van der Waals surface area contributed by atoms with Crippen LogP contribution in [0.2, 0.25) is 0 Å². The van der Waals surface area contributed by atoms with Gasteiger partial charge in [-0.25, -0.2) is 0 Å². The minimum atomic E-state index is 0.396. The van der Waals surface area contributed by atoms with Gasteiger partial charge < -0.3 is 11.1 Å². The van der Waals surface area contributed by atoms with Gasteiger partial charge in [0.1, 0.15) is 10.8 Å². The maximum absolute atomic E-state index is 6.00. The Kier molecular flexibility index (Phi) is 2.55. The highest BCUT2D eigenvalue weighted by atomic mass is 32.1. The Hall–Kier alpha value is -1.55. The van der Waals surface area contributed by atoms with Crippen LogP contribution in [0.25, 0.3) is 11.1 Å². The van der Waals surface area contributed by atoms with Gasteiger partial charge in [-0.15, -0.1) is 0 Å².